The van der Waals surface area contributed by atoms with Crippen molar-refractivity contribution in [1.29, 1.82) is 0 Å². The summed E-state index contributed by atoms with van der Waals surface area (Å²) in [6.45, 7) is 3.13. The lowest BCUT2D eigenvalue weighted by Crippen LogP contribution is -1.88. The second-order valence-corrected chi connectivity index (χ2v) is 1.58. The first kappa shape index (κ1) is 6.13. The van der Waals surface area contributed by atoms with Crippen LogP contribution >= 0.6 is 0 Å². The van der Waals surface area contributed by atoms with Crippen molar-refractivity contribution >= 4 is 0 Å². The van der Waals surface area contributed by atoms with Crippen molar-refractivity contribution in [1.82, 2.24) is 4.98 Å². The molecule has 0 fully saturated rings. The van der Waals surface area contributed by atoms with Crippen LogP contribution in [-0.2, 0) is 0 Å². The molecular weight excluding hydrogens is 124 g/mol. The second-order valence-electron chi connectivity index (χ2n) is 1.58. The molecule has 0 aliphatic carbocycles. The predicted octanol–water partition coefficient (Wildman–Crippen LogP) is 1.54. The highest BCUT2D eigenvalue weighted by molar-refractivity contribution is 5.17. The first-order chi connectivity index (χ1) is 4.22. The molecule has 47 valence electrons. The average Bonchev–Trinajstić information content (AvgIpc) is 1.83. The van der Waals surface area contributed by atoms with Crippen LogP contribution in [0.2, 0.25) is 0 Å². The van der Waals surface area contributed by atoms with Crippen molar-refractivity contribution in [3.8, 4) is 0 Å². The Labute approximate surface area is 51.3 Å². The molecule has 1 radical (unpaired) electrons. The molecule has 1 heterocycles. The van der Waals surface area contributed by atoms with Gasteiger partial charge in [0.2, 0.25) is 0 Å². The number of nitrogens with zero attached hydrogens (tertiary/aromatic N) is 1. The van der Waals surface area contributed by atoms with Crippen LogP contribution in [0, 0.1) is 18.6 Å². The molecule has 0 aliphatic rings. The molecule has 0 amide bonds. The van der Waals surface area contributed by atoms with Crippen LogP contribution in [0.3, 0.4) is 0 Å². The van der Waals surface area contributed by atoms with Gasteiger partial charge in [-0.2, -0.15) is 0 Å². The standard InChI is InChI=1S/C6H4F2N/c1-4-5(7)2-9-3-6(4)8/h2-3H,1H2. The summed E-state index contributed by atoms with van der Waals surface area (Å²) in [5.74, 6) is -1.43. The average molecular weight is 128 g/mol. The summed E-state index contributed by atoms with van der Waals surface area (Å²) in [7, 11) is 0. The lowest BCUT2D eigenvalue weighted by molar-refractivity contribution is 0.565. The first-order valence-electron chi connectivity index (χ1n) is 2.33. The third kappa shape index (κ3) is 1.04. The normalized spacial score (nSPS) is 9.67. The van der Waals surface area contributed by atoms with Crippen LogP contribution in [0.5, 0.6) is 0 Å². The molecule has 0 aromatic carbocycles. The number of pyridine rings is 1. The van der Waals surface area contributed by atoms with E-state index in [-0.39, 0.29) is 5.56 Å². The van der Waals surface area contributed by atoms with Crippen LogP contribution < -0.4 is 0 Å². The molecule has 0 bridgehead atoms. The summed E-state index contributed by atoms with van der Waals surface area (Å²) < 4.78 is 24.4. The highest BCUT2D eigenvalue weighted by Crippen LogP contribution is 2.06. The van der Waals surface area contributed by atoms with E-state index in [2.05, 4.69) is 11.9 Å². The van der Waals surface area contributed by atoms with Crippen LogP contribution in [0.1, 0.15) is 5.56 Å². The van der Waals surface area contributed by atoms with Gasteiger partial charge < -0.3 is 0 Å². The topological polar surface area (TPSA) is 12.9 Å². The van der Waals surface area contributed by atoms with Crippen LogP contribution in [0.15, 0.2) is 12.4 Å². The van der Waals surface area contributed by atoms with E-state index in [4.69, 9.17) is 0 Å². The van der Waals surface area contributed by atoms with Gasteiger partial charge in [0, 0.05) is 5.56 Å². The molecule has 3 heteroatoms. The van der Waals surface area contributed by atoms with Gasteiger partial charge in [-0.05, 0) is 6.92 Å². The summed E-state index contributed by atoms with van der Waals surface area (Å²) in [5, 5.41) is 0. The Hall–Kier alpha value is -0.990. The van der Waals surface area contributed by atoms with Crippen molar-refractivity contribution < 1.29 is 8.78 Å². The Morgan fingerprint density at radius 2 is 1.67 bits per heavy atom. The van der Waals surface area contributed by atoms with Gasteiger partial charge in [0.05, 0.1) is 12.4 Å². The molecule has 0 saturated heterocycles. The summed E-state index contributed by atoms with van der Waals surface area (Å²) in [6, 6.07) is 0. The van der Waals surface area contributed by atoms with E-state index >= 15 is 0 Å². The van der Waals surface area contributed by atoms with Gasteiger partial charge >= 0.3 is 0 Å². The molecule has 0 aliphatic heterocycles. The Morgan fingerprint density at radius 3 is 2.00 bits per heavy atom. The van der Waals surface area contributed by atoms with E-state index in [9.17, 15) is 8.78 Å². The fraction of sp³-hybridized carbons (Fsp3) is 0. The van der Waals surface area contributed by atoms with Gasteiger partial charge in [-0.15, -0.1) is 0 Å². The maximum atomic E-state index is 12.2. The van der Waals surface area contributed by atoms with Gasteiger partial charge in [-0.25, -0.2) is 8.78 Å². The minimum absolute atomic E-state index is 0.231. The maximum Gasteiger partial charge on any atom is 0.147 e. The SMILES string of the molecule is [CH2]c1c(F)cncc1F. The van der Waals surface area contributed by atoms with Gasteiger partial charge in [-0.3, -0.25) is 4.98 Å². The van der Waals surface area contributed by atoms with Crippen molar-refractivity contribution in [2.45, 2.75) is 0 Å². The zero-order valence-electron chi connectivity index (χ0n) is 4.56. The van der Waals surface area contributed by atoms with Gasteiger partial charge in [0.1, 0.15) is 11.6 Å². The molecule has 1 rings (SSSR count). The Morgan fingerprint density at radius 1 is 1.22 bits per heavy atom. The summed E-state index contributed by atoms with van der Waals surface area (Å²) in [5.41, 5.74) is -0.231. The third-order valence-corrected chi connectivity index (χ3v) is 0.952. The lowest BCUT2D eigenvalue weighted by atomic mass is 10.3. The molecule has 9 heavy (non-hydrogen) atoms. The minimum atomic E-state index is -0.713. The van der Waals surface area contributed by atoms with Gasteiger partial charge in [-0.1, -0.05) is 0 Å². The van der Waals surface area contributed by atoms with E-state index in [0.717, 1.165) is 12.4 Å². The predicted molar refractivity (Wildman–Crippen MR) is 28.6 cm³/mol. The maximum absolute atomic E-state index is 12.2. The Kier molecular flexibility index (Phi) is 1.42. The van der Waals surface area contributed by atoms with E-state index in [1.165, 1.54) is 0 Å². The smallest absolute Gasteiger partial charge is 0.147 e. The van der Waals surface area contributed by atoms with E-state index < -0.39 is 11.6 Å². The van der Waals surface area contributed by atoms with Crippen molar-refractivity contribution in [3.63, 3.8) is 0 Å². The van der Waals surface area contributed by atoms with E-state index in [1.807, 2.05) is 0 Å². The quantitative estimate of drug-likeness (QED) is 0.516. The molecule has 0 saturated carbocycles. The fourth-order valence-corrected chi connectivity index (χ4v) is 0.438. The molecule has 0 N–H and O–H groups in total. The third-order valence-electron chi connectivity index (χ3n) is 0.952. The molecule has 0 spiro atoms. The number of halogens is 2. The monoisotopic (exact) mass is 128 g/mol. The second kappa shape index (κ2) is 2.09. The molecule has 0 unspecified atom stereocenters. The van der Waals surface area contributed by atoms with Crippen molar-refractivity contribution in [3.05, 3.63) is 36.5 Å². The summed E-state index contributed by atoms with van der Waals surface area (Å²) >= 11 is 0. The van der Waals surface area contributed by atoms with Gasteiger partial charge in [0.25, 0.3) is 0 Å². The molecule has 1 nitrogen and oxygen atoms in total. The lowest BCUT2D eigenvalue weighted by Gasteiger charge is -1.93. The number of rotatable bonds is 0. The van der Waals surface area contributed by atoms with Crippen LogP contribution in [0.25, 0.3) is 0 Å². The number of aromatic nitrogens is 1. The number of hydrogen-bond acceptors (Lipinski definition) is 1. The zero-order valence-corrected chi connectivity index (χ0v) is 4.56. The molecule has 1 aromatic heterocycles. The van der Waals surface area contributed by atoms with Crippen LogP contribution in [-0.4, -0.2) is 4.98 Å². The molecule has 1 aromatic rings. The highest BCUT2D eigenvalue weighted by atomic mass is 19.1. The Balaban J connectivity index is 3.25. The molecule has 0 atom stereocenters. The van der Waals surface area contributed by atoms with E-state index in [1.54, 1.807) is 0 Å². The van der Waals surface area contributed by atoms with E-state index in [0.29, 0.717) is 0 Å². The fourth-order valence-electron chi connectivity index (χ4n) is 0.438. The van der Waals surface area contributed by atoms with Crippen molar-refractivity contribution in [2.75, 3.05) is 0 Å². The van der Waals surface area contributed by atoms with Crippen LogP contribution in [0.4, 0.5) is 8.78 Å². The van der Waals surface area contributed by atoms with Gasteiger partial charge in [0.15, 0.2) is 0 Å². The summed E-state index contributed by atoms with van der Waals surface area (Å²) in [4.78, 5) is 3.25. The minimum Gasteiger partial charge on any atom is -0.259 e. The highest BCUT2D eigenvalue weighted by Gasteiger charge is 2.00. The zero-order chi connectivity index (χ0) is 6.85. The largest absolute Gasteiger partial charge is 0.259 e. The Bertz CT molecular complexity index is 202. The van der Waals surface area contributed by atoms with Crippen molar-refractivity contribution in [2.24, 2.45) is 0 Å². The number of hydrogen-bond donors (Lipinski definition) is 0. The first-order valence-corrected chi connectivity index (χ1v) is 2.33. The molecular formula is C6H4F2N. The summed E-state index contributed by atoms with van der Waals surface area (Å²) in [6.07, 6.45) is 1.84.